The highest BCUT2D eigenvalue weighted by Crippen LogP contribution is 2.27. The topological polar surface area (TPSA) is 70.9 Å². The summed E-state index contributed by atoms with van der Waals surface area (Å²) in [7, 11) is 0. The van der Waals surface area contributed by atoms with Crippen molar-refractivity contribution in [3.05, 3.63) is 35.0 Å². The number of amides is 1. The molecule has 0 spiro atoms. The van der Waals surface area contributed by atoms with Gasteiger partial charge in [0.05, 0.1) is 10.6 Å². The van der Waals surface area contributed by atoms with Gasteiger partial charge in [-0.3, -0.25) is 10.1 Å². The third kappa shape index (κ3) is 2.35. The summed E-state index contributed by atoms with van der Waals surface area (Å²) in [4.78, 5) is 14.4. The number of aromatic amines is 1. The lowest BCUT2D eigenvalue weighted by atomic mass is 10.1. The fourth-order valence-corrected chi connectivity index (χ4v) is 1.96. The number of carbonyl (C=O) groups is 1. The van der Waals surface area contributed by atoms with E-state index < -0.39 is 11.4 Å². The highest BCUT2D eigenvalue weighted by Gasteiger charge is 2.24. The highest BCUT2D eigenvalue weighted by atomic mass is 35.5. The van der Waals surface area contributed by atoms with Gasteiger partial charge in [-0.1, -0.05) is 29.8 Å². The molecule has 96 valence electrons. The molecule has 0 saturated heterocycles. The van der Waals surface area contributed by atoms with Crippen molar-refractivity contribution >= 4 is 28.4 Å². The first kappa shape index (κ1) is 12.9. The van der Waals surface area contributed by atoms with E-state index in [2.05, 4.69) is 10.3 Å². The molecule has 0 radical (unpaired) electrons. The molecule has 0 atom stereocenters. The van der Waals surface area contributed by atoms with E-state index in [4.69, 9.17) is 17.3 Å². The molecule has 5 heteroatoms. The van der Waals surface area contributed by atoms with Gasteiger partial charge in [0.1, 0.15) is 0 Å². The van der Waals surface area contributed by atoms with Crippen molar-refractivity contribution in [1.29, 1.82) is 0 Å². The Hall–Kier alpha value is -1.52. The van der Waals surface area contributed by atoms with Gasteiger partial charge in [0.2, 0.25) is 5.91 Å². The molecule has 4 N–H and O–H groups in total. The summed E-state index contributed by atoms with van der Waals surface area (Å²) in [6, 6.07) is 7.80. The largest absolute Gasteiger partial charge is 0.368 e. The van der Waals surface area contributed by atoms with Crippen LogP contribution in [0, 0.1) is 0 Å². The standard InChI is InChI=1S/C13H16ClN3O/c1-13(2,12(15)18)16-7-10-11(14)8-5-3-4-6-9(8)17-10/h3-6,16-17H,7H2,1-2H3,(H2,15,18). The van der Waals surface area contributed by atoms with Crippen molar-refractivity contribution in [2.75, 3.05) is 0 Å². The van der Waals surface area contributed by atoms with Crippen LogP contribution in [0.25, 0.3) is 10.9 Å². The van der Waals surface area contributed by atoms with Crippen molar-refractivity contribution in [2.45, 2.75) is 25.9 Å². The molecular formula is C13H16ClN3O. The van der Waals surface area contributed by atoms with Crippen LogP contribution in [0.4, 0.5) is 0 Å². The maximum atomic E-state index is 11.2. The van der Waals surface area contributed by atoms with E-state index in [1.807, 2.05) is 24.3 Å². The monoisotopic (exact) mass is 265 g/mol. The summed E-state index contributed by atoms with van der Waals surface area (Å²) in [5.41, 5.74) is 6.38. The first-order chi connectivity index (χ1) is 8.42. The Kier molecular flexibility index (Phi) is 3.32. The van der Waals surface area contributed by atoms with E-state index in [1.165, 1.54) is 0 Å². The van der Waals surface area contributed by atoms with Crippen LogP contribution in [0.3, 0.4) is 0 Å². The van der Waals surface area contributed by atoms with Gasteiger partial charge in [-0.05, 0) is 19.9 Å². The summed E-state index contributed by atoms with van der Waals surface area (Å²) >= 11 is 6.28. The van der Waals surface area contributed by atoms with Crippen molar-refractivity contribution in [1.82, 2.24) is 10.3 Å². The van der Waals surface area contributed by atoms with Gasteiger partial charge in [0, 0.05) is 23.1 Å². The molecular weight excluding hydrogens is 250 g/mol. The van der Waals surface area contributed by atoms with Gasteiger partial charge in [-0.15, -0.1) is 0 Å². The van der Waals surface area contributed by atoms with Crippen LogP contribution in [0.1, 0.15) is 19.5 Å². The number of halogens is 1. The third-order valence-corrected chi connectivity index (χ3v) is 3.47. The van der Waals surface area contributed by atoms with E-state index in [0.717, 1.165) is 16.6 Å². The number of nitrogens with one attached hydrogen (secondary N) is 2. The summed E-state index contributed by atoms with van der Waals surface area (Å²) in [5, 5.41) is 4.74. The number of benzene rings is 1. The summed E-state index contributed by atoms with van der Waals surface area (Å²) in [5.74, 6) is -0.394. The van der Waals surface area contributed by atoms with E-state index in [9.17, 15) is 4.79 Å². The average molecular weight is 266 g/mol. The van der Waals surface area contributed by atoms with Crippen molar-refractivity contribution in [3.8, 4) is 0 Å². The van der Waals surface area contributed by atoms with Gasteiger partial charge >= 0.3 is 0 Å². The maximum absolute atomic E-state index is 11.2. The van der Waals surface area contributed by atoms with Gasteiger partial charge < -0.3 is 10.7 Å². The second-order valence-electron chi connectivity index (χ2n) is 4.81. The fraction of sp³-hybridized carbons (Fsp3) is 0.308. The van der Waals surface area contributed by atoms with Crippen molar-refractivity contribution in [3.63, 3.8) is 0 Å². The lowest BCUT2D eigenvalue weighted by Crippen LogP contribution is -2.50. The number of para-hydroxylation sites is 1. The van der Waals surface area contributed by atoms with E-state index in [-0.39, 0.29) is 0 Å². The normalized spacial score (nSPS) is 11.9. The minimum absolute atomic E-state index is 0.394. The third-order valence-electron chi connectivity index (χ3n) is 3.04. The first-order valence-electron chi connectivity index (χ1n) is 5.72. The van der Waals surface area contributed by atoms with Crippen molar-refractivity contribution in [2.24, 2.45) is 5.73 Å². The summed E-state index contributed by atoms with van der Waals surface area (Å²) in [6.07, 6.45) is 0. The number of primary amides is 1. The van der Waals surface area contributed by atoms with Gasteiger partial charge in [-0.2, -0.15) is 0 Å². The number of nitrogens with two attached hydrogens (primary N) is 1. The van der Waals surface area contributed by atoms with Gasteiger partial charge in [-0.25, -0.2) is 0 Å². The van der Waals surface area contributed by atoms with Gasteiger partial charge in [0.15, 0.2) is 0 Å². The summed E-state index contributed by atoms with van der Waals surface area (Å²) < 4.78 is 0. The number of hydrogen-bond acceptors (Lipinski definition) is 2. The molecule has 18 heavy (non-hydrogen) atoms. The minimum atomic E-state index is -0.763. The molecule has 1 amide bonds. The molecule has 1 aromatic heterocycles. The number of rotatable bonds is 4. The number of aromatic nitrogens is 1. The molecule has 0 aliphatic carbocycles. The Balaban J connectivity index is 2.23. The van der Waals surface area contributed by atoms with Crippen LogP contribution in [-0.4, -0.2) is 16.4 Å². The van der Waals surface area contributed by atoms with Crippen LogP contribution in [0.5, 0.6) is 0 Å². The maximum Gasteiger partial charge on any atom is 0.237 e. The molecule has 2 rings (SSSR count). The number of carbonyl (C=O) groups excluding carboxylic acids is 1. The molecule has 0 bridgehead atoms. The molecule has 0 unspecified atom stereocenters. The van der Waals surface area contributed by atoms with Crippen LogP contribution < -0.4 is 11.1 Å². The Bertz CT molecular complexity index is 589. The Morgan fingerprint density at radius 1 is 1.44 bits per heavy atom. The second-order valence-corrected chi connectivity index (χ2v) is 5.18. The number of hydrogen-bond donors (Lipinski definition) is 3. The summed E-state index contributed by atoms with van der Waals surface area (Å²) in [6.45, 7) is 3.95. The fourth-order valence-electron chi connectivity index (χ4n) is 1.68. The zero-order valence-corrected chi connectivity index (χ0v) is 11.1. The molecule has 0 aliphatic heterocycles. The Morgan fingerprint density at radius 2 is 2.11 bits per heavy atom. The van der Waals surface area contributed by atoms with Crippen LogP contribution >= 0.6 is 11.6 Å². The van der Waals surface area contributed by atoms with E-state index >= 15 is 0 Å². The van der Waals surface area contributed by atoms with E-state index in [0.29, 0.717) is 11.6 Å². The Morgan fingerprint density at radius 3 is 2.72 bits per heavy atom. The smallest absolute Gasteiger partial charge is 0.237 e. The first-order valence-corrected chi connectivity index (χ1v) is 6.09. The molecule has 0 aliphatic rings. The molecule has 4 nitrogen and oxygen atoms in total. The zero-order valence-electron chi connectivity index (χ0n) is 10.4. The number of fused-ring (bicyclic) bond motifs is 1. The predicted molar refractivity (Wildman–Crippen MR) is 73.4 cm³/mol. The lowest BCUT2D eigenvalue weighted by Gasteiger charge is -2.21. The second kappa shape index (κ2) is 4.63. The van der Waals surface area contributed by atoms with Gasteiger partial charge in [0.25, 0.3) is 0 Å². The van der Waals surface area contributed by atoms with E-state index in [1.54, 1.807) is 13.8 Å². The molecule has 2 aromatic rings. The predicted octanol–water partition coefficient (Wildman–Crippen LogP) is 2.17. The highest BCUT2D eigenvalue weighted by molar-refractivity contribution is 6.36. The minimum Gasteiger partial charge on any atom is -0.368 e. The van der Waals surface area contributed by atoms with Crippen molar-refractivity contribution < 1.29 is 4.79 Å². The van der Waals surface area contributed by atoms with Crippen LogP contribution in [0.2, 0.25) is 5.02 Å². The average Bonchev–Trinajstić information content (AvgIpc) is 2.64. The molecule has 1 heterocycles. The SMILES string of the molecule is CC(C)(NCc1[nH]c2ccccc2c1Cl)C(N)=O. The molecule has 0 fully saturated rings. The molecule has 1 aromatic carbocycles. The quantitative estimate of drug-likeness (QED) is 0.793. The molecule has 0 saturated carbocycles. The number of H-pyrrole nitrogens is 1. The zero-order chi connectivity index (χ0) is 13.3. The van der Waals surface area contributed by atoms with Crippen LogP contribution in [0.15, 0.2) is 24.3 Å². The van der Waals surface area contributed by atoms with Crippen LogP contribution in [-0.2, 0) is 11.3 Å². The lowest BCUT2D eigenvalue weighted by molar-refractivity contribution is -0.123. The Labute approximate surface area is 111 Å².